The minimum Gasteiger partial charge on any atom is -0.352 e. The van der Waals surface area contributed by atoms with Crippen LogP contribution < -0.4 is 11.2 Å². The predicted octanol–water partition coefficient (Wildman–Crippen LogP) is 1.56. The first-order valence-electron chi connectivity index (χ1n) is 6.98. The molecule has 1 atom stereocenters. The van der Waals surface area contributed by atoms with Crippen LogP contribution in [0.5, 0.6) is 0 Å². The standard InChI is InChI=1S/C14H16FN5OS/c1-8(13(21)17-11-5-6-11)22-14-19-18-12(20(14)16)9-3-2-4-10(15)7-9/h2-4,7-8,11H,5-6,16H2,1H3,(H,17,21)/t8-/m0/s1. The Hall–Kier alpha value is -2.09. The Morgan fingerprint density at radius 1 is 1.50 bits per heavy atom. The van der Waals surface area contributed by atoms with Gasteiger partial charge in [0.1, 0.15) is 5.82 Å². The molecule has 1 fully saturated rings. The Bertz CT molecular complexity index is 700. The zero-order valence-electron chi connectivity index (χ0n) is 12.0. The van der Waals surface area contributed by atoms with Crippen molar-refractivity contribution < 1.29 is 9.18 Å². The summed E-state index contributed by atoms with van der Waals surface area (Å²) < 4.78 is 14.6. The van der Waals surface area contributed by atoms with Crippen LogP contribution in [0.3, 0.4) is 0 Å². The number of nitrogens with zero attached hydrogens (tertiary/aromatic N) is 3. The van der Waals surface area contributed by atoms with Crippen molar-refractivity contribution in [1.29, 1.82) is 0 Å². The number of thioether (sulfide) groups is 1. The van der Waals surface area contributed by atoms with Crippen molar-refractivity contribution in [2.75, 3.05) is 5.84 Å². The van der Waals surface area contributed by atoms with E-state index in [1.165, 1.54) is 28.6 Å². The quantitative estimate of drug-likeness (QED) is 0.645. The summed E-state index contributed by atoms with van der Waals surface area (Å²) in [6.45, 7) is 1.79. The van der Waals surface area contributed by atoms with Crippen LogP contribution in [0.15, 0.2) is 29.4 Å². The van der Waals surface area contributed by atoms with E-state index in [0.29, 0.717) is 22.6 Å². The number of aromatic nitrogens is 3. The maximum Gasteiger partial charge on any atom is 0.233 e. The number of hydrogen-bond donors (Lipinski definition) is 2. The van der Waals surface area contributed by atoms with Crippen molar-refractivity contribution in [2.45, 2.75) is 36.2 Å². The molecule has 1 heterocycles. The van der Waals surface area contributed by atoms with Crippen molar-refractivity contribution in [3.8, 4) is 11.4 Å². The van der Waals surface area contributed by atoms with Crippen LogP contribution >= 0.6 is 11.8 Å². The molecule has 0 saturated heterocycles. The first-order chi connectivity index (χ1) is 10.5. The van der Waals surface area contributed by atoms with E-state index in [-0.39, 0.29) is 17.0 Å². The van der Waals surface area contributed by atoms with Gasteiger partial charge in [0.15, 0.2) is 5.82 Å². The van der Waals surface area contributed by atoms with Gasteiger partial charge in [0, 0.05) is 11.6 Å². The highest BCUT2D eigenvalue weighted by atomic mass is 32.2. The molecule has 3 N–H and O–H groups in total. The van der Waals surface area contributed by atoms with E-state index >= 15 is 0 Å². The van der Waals surface area contributed by atoms with Gasteiger partial charge in [-0.3, -0.25) is 4.79 Å². The molecule has 22 heavy (non-hydrogen) atoms. The van der Waals surface area contributed by atoms with Crippen molar-refractivity contribution in [3.05, 3.63) is 30.1 Å². The summed E-state index contributed by atoms with van der Waals surface area (Å²) in [6.07, 6.45) is 2.08. The van der Waals surface area contributed by atoms with Gasteiger partial charge in [-0.2, -0.15) is 0 Å². The van der Waals surface area contributed by atoms with Crippen LogP contribution in [-0.2, 0) is 4.79 Å². The molecule has 1 aromatic heterocycles. The molecular formula is C14H16FN5OS. The van der Waals surface area contributed by atoms with Crippen molar-refractivity contribution in [3.63, 3.8) is 0 Å². The van der Waals surface area contributed by atoms with E-state index in [1.54, 1.807) is 19.1 Å². The number of rotatable bonds is 5. The van der Waals surface area contributed by atoms with E-state index < -0.39 is 0 Å². The van der Waals surface area contributed by atoms with E-state index in [2.05, 4.69) is 15.5 Å². The lowest BCUT2D eigenvalue weighted by atomic mass is 10.2. The molecule has 0 radical (unpaired) electrons. The topological polar surface area (TPSA) is 85.8 Å². The normalized spacial score (nSPS) is 15.5. The Balaban J connectivity index is 1.74. The van der Waals surface area contributed by atoms with Crippen LogP contribution in [0.1, 0.15) is 19.8 Å². The summed E-state index contributed by atoms with van der Waals surface area (Å²) in [6, 6.07) is 6.28. The van der Waals surface area contributed by atoms with Crippen LogP contribution in [0.2, 0.25) is 0 Å². The van der Waals surface area contributed by atoms with Gasteiger partial charge in [-0.05, 0) is 31.9 Å². The molecule has 0 aliphatic heterocycles. The Labute approximate surface area is 131 Å². The zero-order chi connectivity index (χ0) is 15.7. The molecule has 8 heteroatoms. The molecule has 1 aromatic carbocycles. The first-order valence-corrected chi connectivity index (χ1v) is 7.86. The summed E-state index contributed by atoms with van der Waals surface area (Å²) in [5.74, 6) is 5.91. The van der Waals surface area contributed by atoms with Gasteiger partial charge >= 0.3 is 0 Å². The van der Waals surface area contributed by atoms with E-state index in [0.717, 1.165) is 12.8 Å². The lowest BCUT2D eigenvalue weighted by Gasteiger charge is -2.10. The lowest BCUT2D eigenvalue weighted by Crippen LogP contribution is -2.32. The number of benzene rings is 1. The fraction of sp³-hybridized carbons (Fsp3) is 0.357. The monoisotopic (exact) mass is 321 g/mol. The fourth-order valence-electron chi connectivity index (χ4n) is 1.94. The van der Waals surface area contributed by atoms with Gasteiger partial charge in [0.25, 0.3) is 0 Å². The van der Waals surface area contributed by atoms with Gasteiger partial charge in [-0.25, -0.2) is 9.07 Å². The summed E-state index contributed by atoms with van der Waals surface area (Å²) in [7, 11) is 0. The van der Waals surface area contributed by atoms with Gasteiger partial charge in [-0.15, -0.1) is 10.2 Å². The number of amides is 1. The van der Waals surface area contributed by atoms with E-state index in [1.807, 2.05) is 0 Å². The third-order valence-electron chi connectivity index (χ3n) is 3.32. The summed E-state index contributed by atoms with van der Waals surface area (Å²) in [4.78, 5) is 12.0. The molecule has 1 aliphatic rings. The molecule has 116 valence electrons. The number of carbonyl (C=O) groups excluding carboxylic acids is 1. The summed E-state index contributed by atoms with van der Waals surface area (Å²) >= 11 is 1.23. The average Bonchev–Trinajstić information content (AvgIpc) is 3.23. The smallest absolute Gasteiger partial charge is 0.233 e. The highest BCUT2D eigenvalue weighted by Crippen LogP contribution is 2.26. The van der Waals surface area contributed by atoms with Crippen LogP contribution in [0.4, 0.5) is 4.39 Å². The third kappa shape index (κ3) is 3.22. The Morgan fingerprint density at radius 3 is 2.95 bits per heavy atom. The molecule has 0 spiro atoms. The number of nitrogens with one attached hydrogen (secondary N) is 1. The Kier molecular flexibility index (Phi) is 4.02. The molecule has 1 saturated carbocycles. The van der Waals surface area contributed by atoms with E-state index in [9.17, 15) is 9.18 Å². The molecule has 1 aliphatic carbocycles. The molecule has 0 unspecified atom stereocenters. The van der Waals surface area contributed by atoms with Crippen LogP contribution in [0, 0.1) is 5.82 Å². The van der Waals surface area contributed by atoms with Crippen molar-refractivity contribution in [1.82, 2.24) is 20.2 Å². The highest BCUT2D eigenvalue weighted by molar-refractivity contribution is 8.00. The fourth-order valence-corrected chi connectivity index (χ4v) is 2.72. The Morgan fingerprint density at radius 2 is 2.27 bits per heavy atom. The second kappa shape index (κ2) is 5.96. The zero-order valence-corrected chi connectivity index (χ0v) is 12.8. The number of carbonyl (C=O) groups is 1. The van der Waals surface area contributed by atoms with Crippen LogP contribution in [-0.4, -0.2) is 32.1 Å². The second-order valence-electron chi connectivity index (χ2n) is 5.23. The summed E-state index contributed by atoms with van der Waals surface area (Å²) in [5.41, 5.74) is 0.539. The van der Waals surface area contributed by atoms with Gasteiger partial charge in [0.05, 0.1) is 5.25 Å². The lowest BCUT2D eigenvalue weighted by molar-refractivity contribution is -0.120. The number of hydrogen-bond acceptors (Lipinski definition) is 5. The highest BCUT2D eigenvalue weighted by Gasteiger charge is 2.27. The predicted molar refractivity (Wildman–Crippen MR) is 82.1 cm³/mol. The van der Waals surface area contributed by atoms with Gasteiger partial charge in [0.2, 0.25) is 11.1 Å². The van der Waals surface area contributed by atoms with Gasteiger partial charge in [-0.1, -0.05) is 23.9 Å². The number of nitrogens with two attached hydrogens (primary N) is 1. The summed E-state index contributed by atoms with van der Waals surface area (Å²) in [5, 5.41) is 11.0. The molecule has 0 bridgehead atoms. The number of halogens is 1. The first kappa shape index (κ1) is 14.8. The van der Waals surface area contributed by atoms with Crippen LogP contribution in [0.25, 0.3) is 11.4 Å². The minimum atomic E-state index is -0.369. The third-order valence-corrected chi connectivity index (χ3v) is 4.38. The van der Waals surface area contributed by atoms with Crippen molar-refractivity contribution in [2.24, 2.45) is 0 Å². The molecule has 6 nitrogen and oxygen atoms in total. The maximum absolute atomic E-state index is 13.3. The maximum atomic E-state index is 13.3. The number of nitrogen functional groups attached to an aromatic ring is 1. The molecule has 1 amide bonds. The largest absolute Gasteiger partial charge is 0.352 e. The van der Waals surface area contributed by atoms with E-state index in [4.69, 9.17) is 5.84 Å². The minimum absolute atomic E-state index is 0.0391. The average molecular weight is 321 g/mol. The molecular weight excluding hydrogens is 305 g/mol. The molecule has 2 aromatic rings. The molecule has 3 rings (SSSR count). The second-order valence-corrected chi connectivity index (χ2v) is 6.54. The SMILES string of the molecule is C[C@H](Sc1nnc(-c2cccc(F)c2)n1N)C(=O)NC1CC1. The van der Waals surface area contributed by atoms with Gasteiger partial charge < -0.3 is 11.2 Å². The van der Waals surface area contributed by atoms with Crippen molar-refractivity contribution >= 4 is 17.7 Å².